The lowest BCUT2D eigenvalue weighted by molar-refractivity contribution is -0.140. The zero-order chi connectivity index (χ0) is 18.2. The first-order valence-electron chi connectivity index (χ1n) is 8.07. The Morgan fingerprint density at radius 3 is 2.60 bits per heavy atom. The van der Waals surface area contributed by atoms with Crippen LogP contribution in [0.3, 0.4) is 0 Å². The van der Waals surface area contributed by atoms with Gasteiger partial charge in [-0.1, -0.05) is 17.3 Å². The number of oxime groups is 1. The predicted octanol–water partition coefficient (Wildman–Crippen LogP) is 4.50. The first-order valence-corrected chi connectivity index (χ1v) is 8.95. The van der Waals surface area contributed by atoms with Crippen LogP contribution in [0.2, 0.25) is 0 Å². The Balaban J connectivity index is 2.11. The number of methoxy groups -OCH3 is 2. The van der Waals surface area contributed by atoms with Crippen LogP contribution in [-0.2, 0) is 9.53 Å². The fourth-order valence-corrected chi connectivity index (χ4v) is 3.69. The molecule has 0 spiro atoms. The molecular formula is C19H23NO4S. The Kier molecular flexibility index (Phi) is 7.13. The molecule has 5 nitrogen and oxygen atoms in total. The number of hydrogen-bond acceptors (Lipinski definition) is 6. The lowest BCUT2D eigenvalue weighted by atomic mass is 10.1. The topological polar surface area (TPSA) is 68.1 Å². The number of esters is 1. The number of ether oxygens (including phenoxy) is 2. The molecule has 0 aromatic heterocycles. The summed E-state index contributed by atoms with van der Waals surface area (Å²) in [7, 11) is 3.04. The average molecular weight is 361 g/mol. The van der Waals surface area contributed by atoms with Gasteiger partial charge < -0.3 is 14.7 Å². The van der Waals surface area contributed by atoms with Gasteiger partial charge in [-0.15, -0.1) is 11.8 Å². The molecule has 0 saturated carbocycles. The predicted molar refractivity (Wildman–Crippen MR) is 101 cm³/mol. The molecule has 25 heavy (non-hydrogen) atoms. The second-order valence-corrected chi connectivity index (χ2v) is 6.97. The lowest BCUT2D eigenvalue weighted by Gasteiger charge is -2.15. The summed E-state index contributed by atoms with van der Waals surface area (Å²) in [6.45, 7) is 1.79. The molecule has 2 aromatic carbocycles. The van der Waals surface area contributed by atoms with Gasteiger partial charge in [-0.05, 0) is 54.8 Å². The molecule has 0 bridgehead atoms. The van der Waals surface area contributed by atoms with Gasteiger partial charge in [-0.25, -0.2) is 0 Å². The summed E-state index contributed by atoms with van der Waals surface area (Å²) in [5.41, 5.74) is 0.643. The van der Waals surface area contributed by atoms with Gasteiger partial charge in [-0.3, -0.25) is 4.79 Å². The van der Waals surface area contributed by atoms with Crippen LogP contribution in [0, 0.1) is 0 Å². The number of hydrogen-bond donors (Lipinski definition) is 1. The molecule has 2 aromatic rings. The summed E-state index contributed by atoms with van der Waals surface area (Å²) in [5.74, 6) is 0.610. The van der Waals surface area contributed by atoms with Crippen molar-refractivity contribution in [3.8, 4) is 5.75 Å². The molecule has 0 aliphatic carbocycles. The van der Waals surface area contributed by atoms with Crippen LogP contribution in [0.25, 0.3) is 10.8 Å². The number of nitrogens with zero attached hydrogens (tertiary/aromatic N) is 1. The monoisotopic (exact) mass is 361 g/mol. The van der Waals surface area contributed by atoms with Crippen molar-refractivity contribution in [1.82, 2.24) is 0 Å². The van der Waals surface area contributed by atoms with E-state index in [1.165, 1.54) is 7.11 Å². The largest absolute Gasteiger partial charge is 0.497 e. The number of benzene rings is 2. The second-order valence-electron chi connectivity index (χ2n) is 5.69. The first-order chi connectivity index (χ1) is 12.1. The van der Waals surface area contributed by atoms with Crippen LogP contribution >= 0.6 is 11.8 Å². The molecule has 0 amide bonds. The highest BCUT2D eigenvalue weighted by Crippen LogP contribution is 2.31. The van der Waals surface area contributed by atoms with Crippen LogP contribution in [-0.4, -0.2) is 36.4 Å². The summed E-state index contributed by atoms with van der Waals surface area (Å²) >= 11 is 1.63. The normalized spacial score (nSPS) is 12.8. The van der Waals surface area contributed by atoms with Crippen molar-refractivity contribution >= 4 is 34.2 Å². The van der Waals surface area contributed by atoms with E-state index in [2.05, 4.69) is 22.0 Å². The van der Waals surface area contributed by atoms with Crippen molar-refractivity contribution in [3.63, 3.8) is 0 Å². The molecule has 0 radical (unpaired) electrons. The van der Waals surface area contributed by atoms with Crippen LogP contribution in [0.5, 0.6) is 5.75 Å². The Labute approximate surface area is 152 Å². The van der Waals surface area contributed by atoms with Gasteiger partial charge >= 0.3 is 5.97 Å². The van der Waals surface area contributed by atoms with Crippen LogP contribution < -0.4 is 4.74 Å². The van der Waals surface area contributed by atoms with Gasteiger partial charge in [0.15, 0.2) is 0 Å². The van der Waals surface area contributed by atoms with Crippen molar-refractivity contribution in [2.75, 3.05) is 14.2 Å². The maximum absolute atomic E-state index is 11.3. The van der Waals surface area contributed by atoms with Gasteiger partial charge in [0.05, 0.1) is 25.2 Å². The number of thioether (sulfide) groups is 1. The molecule has 1 unspecified atom stereocenters. The number of fused-ring (bicyclic) bond motifs is 1. The molecule has 2 rings (SSSR count). The number of rotatable bonds is 8. The Morgan fingerprint density at radius 1 is 1.20 bits per heavy atom. The fourth-order valence-electron chi connectivity index (χ4n) is 2.52. The molecule has 6 heteroatoms. The molecule has 0 aliphatic rings. The maximum atomic E-state index is 11.3. The Morgan fingerprint density at radius 2 is 1.92 bits per heavy atom. The zero-order valence-electron chi connectivity index (χ0n) is 14.7. The third-order valence-electron chi connectivity index (χ3n) is 4.00. The molecule has 1 N–H and O–H groups in total. The third-order valence-corrected chi connectivity index (χ3v) is 5.38. The zero-order valence-corrected chi connectivity index (χ0v) is 15.5. The number of carbonyl (C=O) groups is 1. The fraction of sp³-hybridized carbons (Fsp3) is 0.368. The molecule has 0 saturated heterocycles. The summed E-state index contributed by atoms with van der Waals surface area (Å²) in [5, 5.41) is 14.7. The van der Waals surface area contributed by atoms with Crippen molar-refractivity contribution in [1.29, 1.82) is 0 Å². The highest BCUT2D eigenvalue weighted by atomic mass is 32.2. The molecule has 0 heterocycles. The summed E-state index contributed by atoms with van der Waals surface area (Å²) in [6, 6.07) is 12.2. The van der Waals surface area contributed by atoms with Gasteiger partial charge in [0, 0.05) is 11.3 Å². The van der Waals surface area contributed by atoms with Crippen LogP contribution in [0.15, 0.2) is 46.4 Å². The van der Waals surface area contributed by atoms with E-state index in [9.17, 15) is 4.79 Å². The first kappa shape index (κ1) is 19.1. The van der Waals surface area contributed by atoms with E-state index < -0.39 is 0 Å². The van der Waals surface area contributed by atoms with Gasteiger partial charge in [0.2, 0.25) is 0 Å². The highest BCUT2D eigenvalue weighted by molar-refractivity contribution is 8.00. The van der Waals surface area contributed by atoms with Crippen molar-refractivity contribution < 1.29 is 19.5 Å². The maximum Gasteiger partial charge on any atom is 0.305 e. The van der Waals surface area contributed by atoms with Gasteiger partial charge in [0.1, 0.15) is 5.75 Å². The Bertz CT molecular complexity index is 760. The van der Waals surface area contributed by atoms with Crippen LogP contribution in [0.1, 0.15) is 26.2 Å². The quantitative estimate of drug-likeness (QED) is 0.246. The van der Waals surface area contributed by atoms with E-state index in [0.717, 1.165) is 27.8 Å². The summed E-state index contributed by atoms with van der Waals surface area (Å²) in [6.07, 6.45) is 1.78. The average Bonchev–Trinajstić information content (AvgIpc) is 2.65. The van der Waals surface area contributed by atoms with E-state index in [1.54, 1.807) is 25.8 Å². The standard InChI is InChI=1S/C19H23NO4S/c1-13(20-22)18(5-4-6-19(21)24-3)25-17-10-8-14-11-16(23-2)9-7-15(14)12-17/h7-12,18,22H,4-6H2,1-3H3. The van der Waals surface area contributed by atoms with E-state index in [0.29, 0.717) is 18.6 Å². The van der Waals surface area contributed by atoms with Crippen molar-refractivity contribution in [2.24, 2.45) is 5.16 Å². The molecule has 1 atom stereocenters. The van der Waals surface area contributed by atoms with Crippen molar-refractivity contribution in [3.05, 3.63) is 36.4 Å². The van der Waals surface area contributed by atoms with E-state index >= 15 is 0 Å². The van der Waals surface area contributed by atoms with Crippen molar-refractivity contribution in [2.45, 2.75) is 36.3 Å². The van der Waals surface area contributed by atoms with E-state index in [-0.39, 0.29) is 11.2 Å². The number of carbonyl (C=O) groups excluding carboxylic acids is 1. The minimum Gasteiger partial charge on any atom is -0.497 e. The third kappa shape index (κ3) is 5.39. The molecule has 0 fully saturated rings. The molecule has 134 valence electrons. The molecular weight excluding hydrogens is 338 g/mol. The minimum absolute atomic E-state index is 0.00496. The summed E-state index contributed by atoms with van der Waals surface area (Å²) in [4.78, 5) is 12.4. The van der Waals surface area contributed by atoms with Crippen LogP contribution in [0.4, 0.5) is 0 Å². The van der Waals surface area contributed by atoms with Gasteiger partial charge in [0.25, 0.3) is 0 Å². The smallest absolute Gasteiger partial charge is 0.305 e. The minimum atomic E-state index is -0.220. The Hall–Kier alpha value is -2.21. The van der Waals surface area contributed by atoms with E-state index in [4.69, 9.17) is 9.94 Å². The lowest BCUT2D eigenvalue weighted by Crippen LogP contribution is -2.15. The summed E-state index contributed by atoms with van der Waals surface area (Å²) < 4.78 is 9.92. The SMILES string of the molecule is COC(=O)CCCC(Sc1ccc2cc(OC)ccc2c1)C(C)=NO. The van der Waals surface area contributed by atoms with E-state index in [1.807, 2.05) is 24.3 Å². The van der Waals surface area contributed by atoms with Gasteiger partial charge in [-0.2, -0.15) is 0 Å². The molecule has 0 aliphatic heterocycles. The highest BCUT2D eigenvalue weighted by Gasteiger charge is 2.16. The second kappa shape index (κ2) is 9.32.